The van der Waals surface area contributed by atoms with E-state index in [-0.39, 0.29) is 11.8 Å². The van der Waals surface area contributed by atoms with Crippen molar-refractivity contribution in [2.24, 2.45) is 0 Å². The number of fused-ring (bicyclic) bond motifs is 2. The number of amides is 2. The van der Waals surface area contributed by atoms with Crippen molar-refractivity contribution in [2.45, 2.75) is 39.7 Å². The molecule has 0 saturated heterocycles. The zero-order valence-electron chi connectivity index (χ0n) is 15.8. The van der Waals surface area contributed by atoms with Gasteiger partial charge in [0.25, 0.3) is 11.7 Å². The Hall–Kier alpha value is -3.49. The third-order valence-electron chi connectivity index (χ3n) is 4.78. The summed E-state index contributed by atoms with van der Waals surface area (Å²) in [6.07, 6.45) is 1.76. The van der Waals surface area contributed by atoms with Crippen molar-refractivity contribution < 1.29 is 14.3 Å². The molecule has 1 aromatic carbocycles. The van der Waals surface area contributed by atoms with E-state index in [0.29, 0.717) is 35.7 Å². The van der Waals surface area contributed by atoms with Crippen molar-refractivity contribution in [3.63, 3.8) is 0 Å². The van der Waals surface area contributed by atoms with E-state index in [0.717, 1.165) is 17.0 Å². The molecule has 0 bridgehead atoms. The number of aryl methyl sites for hydroxylation is 2. The number of nitrogens with one attached hydrogen (secondary N) is 2. The molecule has 2 amide bonds. The summed E-state index contributed by atoms with van der Waals surface area (Å²) in [6.45, 7) is 5.53. The van der Waals surface area contributed by atoms with E-state index in [1.807, 2.05) is 13.8 Å². The number of carbonyl (C=O) groups is 2. The van der Waals surface area contributed by atoms with Gasteiger partial charge >= 0.3 is 0 Å². The molecule has 1 aliphatic heterocycles. The average Bonchev–Trinajstić information content (AvgIpc) is 3.11. The van der Waals surface area contributed by atoms with Gasteiger partial charge in [0.15, 0.2) is 6.10 Å². The molecule has 2 N–H and O–H groups in total. The van der Waals surface area contributed by atoms with Gasteiger partial charge in [-0.25, -0.2) is 9.50 Å². The van der Waals surface area contributed by atoms with Crippen LogP contribution in [0.4, 0.5) is 11.4 Å². The first-order valence-electron chi connectivity index (χ1n) is 8.99. The van der Waals surface area contributed by atoms with Crippen LogP contribution < -0.4 is 15.4 Å². The quantitative estimate of drug-likeness (QED) is 0.717. The van der Waals surface area contributed by atoms with Crippen molar-refractivity contribution in [3.05, 3.63) is 41.5 Å². The molecule has 3 heterocycles. The molecule has 3 aromatic rings. The summed E-state index contributed by atoms with van der Waals surface area (Å²) in [6, 6.07) is 5.18. The van der Waals surface area contributed by atoms with Gasteiger partial charge in [-0.3, -0.25) is 9.59 Å². The molecule has 144 valence electrons. The minimum Gasteiger partial charge on any atom is -0.479 e. The largest absolute Gasteiger partial charge is 0.479 e. The highest BCUT2D eigenvalue weighted by atomic mass is 16.5. The molecule has 0 aliphatic carbocycles. The lowest BCUT2D eigenvalue weighted by molar-refractivity contribution is -0.122. The predicted molar refractivity (Wildman–Crippen MR) is 102 cm³/mol. The van der Waals surface area contributed by atoms with Gasteiger partial charge in [-0.15, -0.1) is 0 Å². The molecule has 1 aliphatic rings. The first-order valence-corrected chi connectivity index (χ1v) is 8.99. The Balaban J connectivity index is 1.44. The molecule has 0 fully saturated rings. The number of hydrogen-bond donors (Lipinski definition) is 2. The Bertz CT molecular complexity index is 1090. The minimum atomic E-state index is -0.532. The first-order chi connectivity index (χ1) is 13.4. The smallest absolute Gasteiger partial charge is 0.265 e. The lowest BCUT2D eigenvalue weighted by atomic mass is 10.1. The lowest BCUT2D eigenvalue weighted by Crippen LogP contribution is -2.34. The van der Waals surface area contributed by atoms with Crippen molar-refractivity contribution >= 4 is 29.0 Å². The normalized spacial score (nSPS) is 15.7. The molecule has 28 heavy (non-hydrogen) atoms. The van der Waals surface area contributed by atoms with E-state index in [1.165, 1.54) is 6.33 Å². The summed E-state index contributed by atoms with van der Waals surface area (Å²) in [5.74, 6) is 0.797. The number of carbonyl (C=O) groups excluding carboxylic acids is 2. The van der Waals surface area contributed by atoms with Gasteiger partial charge in [0.2, 0.25) is 5.91 Å². The monoisotopic (exact) mass is 380 g/mol. The summed E-state index contributed by atoms with van der Waals surface area (Å²) in [7, 11) is 0. The fourth-order valence-corrected chi connectivity index (χ4v) is 3.27. The van der Waals surface area contributed by atoms with E-state index in [2.05, 4.69) is 25.7 Å². The summed E-state index contributed by atoms with van der Waals surface area (Å²) >= 11 is 0. The Morgan fingerprint density at radius 2 is 2.18 bits per heavy atom. The van der Waals surface area contributed by atoms with Crippen LogP contribution in [0, 0.1) is 13.8 Å². The van der Waals surface area contributed by atoms with E-state index < -0.39 is 6.10 Å². The maximum absolute atomic E-state index is 12.4. The Kier molecular flexibility index (Phi) is 4.42. The second kappa shape index (κ2) is 6.91. The zero-order chi connectivity index (χ0) is 19.8. The number of aromatic nitrogens is 4. The lowest BCUT2D eigenvalue weighted by Gasteiger charge is -2.23. The first kappa shape index (κ1) is 17.9. The van der Waals surface area contributed by atoms with Gasteiger partial charge in [0.05, 0.1) is 5.69 Å². The topological polar surface area (TPSA) is 111 Å². The van der Waals surface area contributed by atoms with Gasteiger partial charge in [-0.1, -0.05) is 0 Å². The van der Waals surface area contributed by atoms with Crippen LogP contribution in [0.25, 0.3) is 5.78 Å². The van der Waals surface area contributed by atoms with E-state index >= 15 is 0 Å². The van der Waals surface area contributed by atoms with E-state index in [9.17, 15) is 9.59 Å². The standard InChI is InChI=1S/C19H20N6O3/c1-10-14(11(2)25-19(22-10)20-9-21-25)5-7-17(26)23-13-4-6-16-15(8-13)24-18(27)12(3)28-16/h4,6,8-9,12H,5,7H2,1-3H3,(H,23,26)(H,24,27). The second-order valence-electron chi connectivity index (χ2n) is 6.74. The molecule has 0 radical (unpaired) electrons. The van der Waals surface area contributed by atoms with Gasteiger partial charge in [0, 0.05) is 23.5 Å². The van der Waals surface area contributed by atoms with E-state index in [1.54, 1.807) is 29.6 Å². The molecule has 0 saturated carbocycles. The number of rotatable bonds is 4. The number of hydrogen-bond acceptors (Lipinski definition) is 6. The minimum absolute atomic E-state index is 0.131. The molecule has 1 unspecified atom stereocenters. The van der Waals surface area contributed by atoms with Crippen LogP contribution in [0.15, 0.2) is 24.5 Å². The molecule has 1 atom stereocenters. The Morgan fingerprint density at radius 1 is 1.36 bits per heavy atom. The Labute approximate surface area is 161 Å². The summed E-state index contributed by atoms with van der Waals surface area (Å²) in [4.78, 5) is 32.7. The highest BCUT2D eigenvalue weighted by Crippen LogP contribution is 2.32. The van der Waals surface area contributed by atoms with Gasteiger partial charge in [0.1, 0.15) is 12.1 Å². The van der Waals surface area contributed by atoms with Crippen molar-refractivity contribution in [3.8, 4) is 5.75 Å². The zero-order valence-corrected chi connectivity index (χ0v) is 15.8. The molecule has 2 aromatic heterocycles. The maximum atomic E-state index is 12.4. The van der Waals surface area contributed by atoms with E-state index in [4.69, 9.17) is 4.74 Å². The van der Waals surface area contributed by atoms with Crippen LogP contribution in [0.5, 0.6) is 5.75 Å². The second-order valence-corrected chi connectivity index (χ2v) is 6.74. The van der Waals surface area contributed by atoms with Crippen LogP contribution in [-0.2, 0) is 16.0 Å². The third kappa shape index (κ3) is 3.26. The summed E-state index contributed by atoms with van der Waals surface area (Å²) in [5.41, 5.74) is 3.89. The van der Waals surface area contributed by atoms with Crippen molar-refractivity contribution in [1.29, 1.82) is 0 Å². The van der Waals surface area contributed by atoms with Crippen LogP contribution in [0.3, 0.4) is 0 Å². The van der Waals surface area contributed by atoms with Gasteiger partial charge in [-0.2, -0.15) is 10.1 Å². The fourth-order valence-electron chi connectivity index (χ4n) is 3.27. The molecule has 4 rings (SSSR count). The highest BCUT2D eigenvalue weighted by Gasteiger charge is 2.23. The number of nitrogens with zero attached hydrogens (tertiary/aromatic N) is 4. The van der Waals surface area contributed by atoms with Crippen molar-refractivity contribution in [2.75, 3.05) is 10.6 Å². The molecular formula is C19H20N6O3. The molecule has 9 nitrogen and oxygen atoms in total. The number of anilines is 2. The molecule has 0 spiro atoms. The fraction of sp³-hybridized carbons (Fsp3) is 0.316. The SMILES string of the molecule is Cc1nc2ncnn2c(C)c1CCC(=O)Nc1ccc2c(c1)NC(=O)C(C)O2. The van der Waals surface area contributed by atoms with Crippen molar-refractivity contribution in [1.82, 2.24) is 19.6 Å². The Morgan fingerprint density at radius 3 is 3.00 bits per heavy atom. The van der Waals surface area contributed by atoms with Crippen LogP contribution in [0.1, 0.15) is 30.3 Å². The highest BCUT2D eigenvalue weighted by molar-refractivity contribution is 5.99. The molecular weight excluding hydrogens is 360 g/mol. The van der Waals surface area contributed by atoms with Gasteiger partial charge < -0.3 is 15.4 Å². The maximum Gasteiger partial charge on any atom is 0.265 e. The predicted octanol–water partition coefficient (Wildman–Crippen LogP) is 2.03. The third-order valence-corrected chi connectivity index (χ3v) is 4.78. The average molecular weight is 380 g/mol. The van der Waals surface area contributed by atoms with Crippen LogP contribution in [-0.4, -0.2) is 37.5 Å². The van der Waals surface area contributed by atoms with Crippen LogP contribution in [0.2, 0.25) is 0 Å². The molecule has 9 heteroatoms. The number of ether oxygens (including phenoxy) is 1. The van der Waals surface area contributed by atoms with Crippen LogP contribution >= 0.6 is 0 Å². The summed E-state index contributed by atoms with van der Waals surface area (Å²) in [5, 5.41) is 9.79. The number of benzene rings is 1. The summed E-state index contributed by atoms with van der Waals surface area (Å²) < 4.78 is 7.19. The van der Waals surface area contributed by atoms with Gasteiger partial charge in [-0.05, 0) is 51.0 Å².